The van der Waals surface area contributed by atoms with Crippen LogP contribution in [0.25, 0.3) is 0 Å². The molecule has 4 heteroatoms. The maximum atomic E-state index is 13.5. The summed E-state index contributed by atoms with van der Waals surface area (Å²) >= 11 is 0. The van der Waals surface area contributed by atoms with E-state index in [2.05, 4.69) is 0 Å². The number of halogens is 2. The zero-order valence-electron chi connectivity index (χ0n) is 11.1. The second-order valence-electron chi connectivity index (χ2n) is 4.65. The van der Waals surface area contributed by atoms with E-state index in [1.54, 1.807) is 0 Å². The molecule has 0 bridgehead atoms. The van der Waals surface area contributed by atoms with E-state index in [1.165, 1.54) is 6.07 Å². The van der Waals surface area contributed by atoms with Gasteiger partial charge in [-0.3, -0.25) is 0 Å². The van der Waals surface area contributed by atoms with Gasteiger partial charge < -0.3 is 10.5 Å². The molecule has 0 saturated carbocycles. The molecule has 0 spiro atoms. The Hall–Kier alpha value is -1.94. The van der Waals surface area contributed by atoms with Crippen LogP contribution in [0, 0.1) is 11.6 Å². The van der Waals surface area contributed by atoms with Gasteiger partial charge in [0.15, 0.2) is 0 Å². The van der Waals surface area contributed by atoms with E-state index in [0.29, 0.717) is 25.0 Å². The van der Waals surface area contributed by atoms with Crippen molar-refractivity contribution in [2.45, 2.75) is 18.9 Å². The molecule has 2 rings (SSSR count). The average molecular weight is 277 g/mol. The van der Waals surface area contributed by atoms with Crippen LogP contribution < -0.4 is 10.5 Å². The van der Waals surface area contributed by atoms with Crippen molar-refractivity contribution in [2.75, 3.05) is 6.61 Å². The van der Waals surface area contributed by atoms with Crippen molar-refractivity contribution in [3.8, 4) is 5.75 Å². The van der Waals surface area contributed by atoms with E-state index in [-0.39, 0.29) is 6.04 Å². The van der Waals surface area contributed by atoms with Crippen molar-refractivity contribution in [1.29, 1.82) is 0 Å². The van der Waals surface area contributed by atoms with Crippen LogP contribution in [0.5, 0.6) is 5.75 Å². The quantitative estimate of drug-likeness (QED) is 0.879. The van der Waals surface area contributed by atoms with Crippen LogP contribution in [0.2, 0.25) is 0 Å². The van der Waals surface area contributed by atoms with Gasteiger partial charge in [-0.1, -0.05) is 18.2 Å². The Morgan fingerprint density at radius 2 is 1.80 bits per heavy atom. The third-order valence-electron chi connectivity index (χ3n) is 2.99. The fourth-order valence-electron chi connectivity index (χ4n) is 1.93. The molecule has 0 saturated heterocycles. The van der Waals surface area contributed by atoms with Crippen LogP contribution >= 0.6 is 0 Å². The first kappa shape index (κ1) is 14.5. The summed E-state index contributed by atoms with van der Waals surface area (Å²) in [5.41, 5.74) is 6.22. The van der Waals surface area contributed by atoms with Gasteiger partial charge in [0.2, 0.25) is 0 Å². The van der Waals surface area contributed by atoms with E-state index < -0.39 is 11.6 Å². The highest BCUT2D eigenvalue weighted by molar-refractivity contribution is 5.21. The lowest BCUT2D eigenvalue weighted by Gasteiger charge is -2.13. The number of hydrogen-bond acceptors (Lipinski definition) is 2. The van der Waals surface area contributed by atoms with Crippen molar-refractivity contribution in [2.24, 2.45) is 5.73 Å². The molecule has 0 amide bonds. The van der Waals surface area contributed by atoms with Gasteiger partial charge in [-0.2, -0.15) is 0 Å². The van der Waals surface area contributed by atoms with E-state index in [0.717, 1.165) is 17.9 Å². The van der Waals surface area contributed by atoms with Gasteiger partial charge in [0.1, 0.15) is 17.4 Å². The molecule has 1 atom stereocenters. The molecule has 0 aliphatic rings. The van der Waals surface area contributed by atoms with Gasteiger partial charge >= 0.3 is 0 Å². The molecule has 0 aliphatic carbocycles. The molecule has 0 aliphatic heterocycles. The van der Waals surface area contributed by atoms with Gasteiger partial charge in [-0.25, -0.2) is 8.78 Å². The predicted octanol–water partition coefficient (Wildman–Crippen LogP) is 3.30. The lowest BCUT2D eigenvalue weighted by atomic mass is 10.0. The molecule has 20 heavy (non-hydrogen) atoms. The van der Waals surface area contributed by atoms with Crippen molar-refractivity contribution in [3.05, 3.63) is 65.7 Å². The minimum absolute atomic E-state index is 0.269. The van der Waals surface area contributed by atoms with Gasteiger partial charge in [-0.05, 0) is 48.7 Å². The SMILES string of the molecule is NC(CCOc1ccccc1)Cc1cc(F)ccc1F. The summed E-state index contributed by atoms with van der Waals surface area (Å²) in [7, 11) is 0. The number of benzene rings is 2. The third-order valence-corrected chi connectivity index (χ3v) is 2.99. The molecular formula is C16H17F2NO. The Morgan fingerprint density at radius 3 is 2.55 bits per heavy atom. The molecule has 2 nitrogen and oxygen atoms in total. The first-order chi connectivity index (χ1) is 9.65. The van der Waals surface area contributed by atoms with E-state index in [9.17, 15) is 8.78 Å². The summed E-state index contributed by atoms with van der Waals surface area (Å²) in [4.78, 5) is 0. The molecule has 2 N–H and O–H groups in total. The molecular weight excluding hydrogens is 260 g/mol. The van der Waals surface area contributed by atoms with Crippen molar-refractivity contribution in [1.82, 2.24) is 0 Å². The predicted molar refractivity (Wildman–Crippen MR) is 74.6 cm³/mol. The standard InChI is InChI=1S/C16H17F2NO/c17-13-6-7-16(18)12(10-13)11-14(19)8-9-20-15-4-2-1-3-5-15/h1-7,10,14H,8-9,11,19H2. The van der Waals surface area contributed by atoms with Crippen molar-refractivity contribution >= 4 is 0 Å². The van der Waals surface area contributed by atoms with Crippen LogP contribution in [0.1, 0.15) is 12.0 Å². The second-order valence-corrected chi connectivity index (χ2v) is 4.65. The summed E-state index contributed by atoms with van der Waals surface area (Å²) in [6.45, 7) is 0.447. The molecule has 0 aromatic heterocycles. The van der Waals surface area contributed by atoms with Crippen molar-refractivity contribution < 1.29 is 13.5 Å². The summed E-state index contributed by atoms with van der Waals surface area (Å²) in [6.07, 6.45) is 0.868. The zero-order valence-corrected chi connectivity index (χ0v) is 11.1. The van der Waals surface area contributed by atoms with Gasteiger partial charge in [-0.15, -0.1) is 0 Å². The second kappa shape index (κ2) is 7.01. The summed E-state index contributed by atoms with van der Waals surface area (Å²) in [5.74, 6) is -0.100. The molecule has 0 heterocycles. The first-order valence-corrected chi connectivity index (χ1v) is 6.52. The van der Waals surface area contributed by atoms with E-state index >= 15 is 0 Å². The Morgan fingerprint density at radius 1 is 1.05 bits per heavy atom. The van der Waals surface area contributed by atoms with E-state index in [1.807, 2.05) is 30.3 Å². The van der Waals surface area contributed by atoms with E-state index in [4.69, 9.17) is 10.5 Å². The fraction of sp³-hybridized carbons (Fsp3) is 0.250. The highest BCUT2D eigenvalue weighted by atomic mass is 19.1. The minimum atomic E-state index is -0.450. The van der Waals surface area contributed by atoms with Crippen LogP contribution in [0.15, 0.2) is 48.5 Å². The lowest BCUT2D eigenvalue weighted by Crippen LogP contribution is -2.25. The average Bonchev–Trinajstić information content (AvgIpc) is 2.44. The highest BCUT2D eigenvalue weighted by Crippen LogP contribution is 2.13. The summed E-state index contributed by atoms with van der Waals surface area (Å²) < 4.78 is 32.0. The van der Waals surface area contributed by atoms with Gasteiger partial charge in [0.05, 0.1) is 6.61 Å². The van der Waals surface area contributed by atoms with Gasteiger partial charge in [0, 0.05) is 6.04 Å². The normalized spacial score (nSPS) is 12.2. The Kier molecular flexibility index (Phi) is 5.07. The molecule has 2 aromatic carbocycles. The monoisotopic (exact) mass is 277 g/mol. The van der Waals surface area contributed by atoms with Crippen LogP contribution in [0.4, 0.5) is 8.78 Å². The van der Waals surface area contributed by atoms with Crippen LogP contribution in [0.3, 0.4) is 0 Å². The number of para-hydroxylation sites is 1. The Balaban J connectivity index is 1.80. The number of hydrogen-bond donors (Lipinski definition) is 1. The molecule has 0 fully saturated rings. The van der Waals surface area contributed by atoms with Gasteiger partial charge in [0.25, 0.3) is 0 Å². The molecule has 0 radical (unpaired) electrons. The smallest absolute Gasteiger partial charge is 0.126 e. The number of ether oxygens (including phenoxy) is 1. The highest BCUT2D eigenvalue weighted by Gasteiger charge is 2.09. The first-order valence-electron chi connectivity index (χ1n) is 6.52. The molecule has 106 valence electrons. The third kappa shape index (κ3) is 4.31. The zero-order chi connectivity index (χ0) is 14.4. The van der Waals surface area contributed by atoms with Crippen molar-refractivity contribution in [3.63, 3.8) is 0 Å². The maximum Gasteiger partial charge on any atom is 0.126 e. The number of nitrogens with two attached hydrogens (primary N) is 1. The van der Waals surface area contributed by atoms with Crippen LogP contribution in [-0.2, 0) is 6.42 Å². The largest absolute Gasteiger partial charge is 0.494 e. The Labute approximate surface area is 117 Å². The molecule has 2 aromatic rings. The fourth-order valence-corrected chi connectivity index (χ4v) is 1.93. The van der Waals surface area contributed by atoms with Crippen LogP contribution in [-0.4, -0.2) is 12.6 Å². The minimum Gasteiger partial charge on any atom is -0.494 e. The lowest BCUT2D eigenvalue weighted by molar-refractivity contribution is 0.296. The topological polar surface area (TPSA) is 35.2 Å². The molecule has 1 unspecified atom stereocenters. The maximum absolute atomic E-state index is 13.5. The number of rotatable bonds is 6. The Bertz CT molecular complexity index is 545. The summed E-state index contributed by atoms with van der Waals surface area (Å²) in [5, 5.41) is 0. The summed E-state index contributed by atoms with van der Waals surface area (Å²) in [6, 6.07) is 12.5.